The average molecular weight is 226 g/mol. The molecule has 0 heterocycles. The first kappa shape index (κ1) is 12.9. The van der Waals surface area contributed by atoms with E-state index in [0.717, 1.165) is 0 Å². The molecule has 0 aliphatic heterocycles. The molecular formula is C6H14O5SSi. The minimum atomic E-state index is -2.71. The first-order valence-electron chi connectivity index (χ1n) is 3.51. The van der Waals surface area contributed by atoms with Crippen LogP contribution in [0.2, 0.25) is 0 Å². The van der Waals surface area contributed by atoms with Gasteiger partial charge in [-0.1, -0.05) is 6.08 Å². The highest BCUT2D eigenvalue weighted by atomic mass is 32.2. The molecule has 0 aromatic heterocycles. The zero-order valence-corrected chi connectivity index (χ0v) is 9.67. The fraction of sp³-hybridized carbons (Fsp3) is 0.667. The SMILES string of the molecule is CO[Si](C=CCS(=O)O)(OC)OC. The van der Waals surface area contributed by atoms with E-state index in [2.05, 4.69) is 0 Å². The summed E-state index contributed by atoms with van der Waals surface area (Å²) in [6, 6.07) is 0. The lowest BCUT2D eigenvalue weighted by atomic mass is 10.8. The van der Waals surface area contributed by atoms with Crippen LogP contribution in [0.1, 0.15) is 0 Å². The van der Waals surface area contributed by atoms with Gasteiger partial charge in [-0.2, -0.15) is 0 Å². The van der Waals surface area contributed by atoms with Gasteiger partial charge in [-0.15, -0.1) is 0 Å². The van der Waals surface area contributed by atoms with Crippen LogP contribution in [0, 0.1) is 0 Å². The molecule has 0 fully saturated rings. The molecule has 1 atom stereocenters. The Morgan fingerprint density at radius 1 is 1.31 bits per heavy atom. The summed E-state index contributed by atoms with van der Waals surface area (Å²) in [5.74, 6) is 0.0465. The summed E-state index contributed by atoms with van der Waals surface area (Å²) in [6.07, 6.45) is 1.51. The highest BCUT2D eigenvalue weighted by molar-refractivity contribution is 7.79. The van der Waals surface area contributed by atoms with Crippen LogP contribution in [0.4, 0.5) is 0 Å². The zero-order valence-electron chi connectivity index (χ0n) is 7.85. The molecule has 0 radical (unpaired) electrons. The van der Waals surface area contributed by atoms with E-state index < -0.39 is 19.9 Å². The largest absolute Gasteiger partial charge is 0.528 e. The fourth-order valence-electron chi connectivity index (χ4n) is 0.729. The highest BCUT2D eigenvalue weighted by Gasteiger charge is 2.34. The zero-order chi connectivity index (χ0) is 10.3. The lowest BCUT2D eigenvalue weighted by Gasteiger charge is -2.20. The Kier molecular flexibility index (Phi) is 6.38. The van der Waals surface area contributed by atoms with Crippen LogP contribution >= 0.6 is 0 Å². The van der Waals surface area contributed by atoms with Crippen molar-refractivity contribution < 1.29 is 22.0 Å². The van der Waals surface area contributed by atoms with Crippen LogP contribution < -0.4 is 0 Å². The molecule has 0 aromatic carbocycles. The molecule has 0 aromatic rings. The van der Waals surface area contributed by atoms with E-state index in [4.69, 9.17) is 17.8 Å². The Morgan fingerprint density at radius 3 is 2.08 bits per heavy atom. The van der Waals surface area contributed by atoms with Gasteiger partial charge in [0.15, 0.2) is 11.1 Å². The molecule has 0 aliphatic rings. The van der Waals surface area contributed by atoms with Crippen LogP contribution in [0.5, 0.6) is 0 Å². The molecule has 0 bridgehead atoms. The van der Waals surface area contributed by atoms with E-state index >= 15 is 0 Å². The molecule has 0 rings (SSSR count). The van der Waals surface area contributed by atoms with Crippen molar-refractivity contribution in [2.45, 2.75) is 0 Å². The van der Waals surface area contributed by atoms with E-state index in [-0.39, 0.29) is 5.75 Å². The van der Waals surface area contributed by atoms with Crippen molar-refractivity contribution in [3.8, 4) is 0 Å². The Hall–Kier alpha value is -0.0531. The third-order valence-corrected chi connectivity index (χ3v) is 4.24. The van der Waals surface area contributed by atoms with Crippen molar-refractivity contribution in [3.63, 3.8) is 0 Å². The molecular weight excluding hydrogens is 212 g/mol. The second-order valence-corrected chi connectivity index (χ2v) is 5.85. The number of hydrogen-bond donors (Lipinski definition) is 1. The van der Waals surface area contributed by atoms with Crippen LogP contribution in [-0.4, -0.2) is 44.6 Å². The molecule has 0 spiro atoms. The van der Waals surface area contributed by atoms with Gasteiger partial charge in [0.1, 0.15) is 0 Å². The molecule has 13 heavy (non-hydrogen) atoms. The maximum Gasteiger partial charge on any atom is 0.528 e. The molecule has 0 saturated heterocycles. The Balaban J connectivity index is 4.23. The van der Waals surface area contributed by atoms with Gasteiger partial charge in [-0.05, 0) is 5.70 Å². The van der Waals surface area contributed by atoms with Crippen LogP contribution in [0.25, 0.3) is 0 Å². The van der Waals surface area contributed by atoms with E-state index in [0.29, 0.717) is 0 Å². The topological polar surface area (TPSA) is 65.0 Å². The second-order valence-electron chi connectivity index (χ2n) is 2.11. The summed E-state index contributed by atoms with van der Waals surface area (Å²) in [5.41, 5.74) is 1.57. The van der Waals surface area contributed by atoms with E-state index in [9.17, 15) is 4.21 Å². The molecule has 7 heteroatoms. The monoisotopic (exact) mass is 226 g/mol. The van der Waals surface area contributed by atoms with Crippen molar-refractivity contribution in [3.05, 3.63) is 11.8 Å². The van der Waals surface area contributed by atoms with Gasteiger partial charge in [0, 0.05) is 21.3 Å². The van der Waals surface area contributed by atoms with Gasteiger partial charge in [-0.3, -0.25) is 0 Å². The quantitative estimate of drug-likeness (QED) is 0.517. The molecule has 0 amide bonds. The summed E-state index contributed by atoms with van der Waals surface area (Å²) in [5, 5.41) is 0. The minimum absolute atomic E-state index is 0.0465. The smallest absolute Gasteiger partial charge is 0.374 e. The lowest BCUT2D eigenvalue weighted by molar-refractivity contribution is 0.138. The highest BCUT2D eigenvalue weighted by Crippen LogP contribution is 2.07. The summed E-state index contributed by atoms with van der Waals surface area (Å²) in [7, 11) is 1.70. The third kappa shape index (κ3) is 4.65. The van der Waals surface area contributed by atoms with Crippen molar-refractivity contribution in [1.29, 1.82) is 0 Å². The number of rotatable bonds is 6. The van der Waals surface area contributed by atoms with Gasteiger partial charge in [0.2, 0.25) is 0 Å². The first-order valence-corrected chi connectivity index (χ1v) is 6.58. The van der Waals surface area contributed by atoms with Crippen molar-refractivity contribution in [2.75, 3.05) is 27.1 Å². The van der Waals surface area contributed by atoms with Crippen molar-refractivity contribution >= 4 is 19.9 Å². The normalized spacial score (nSPS) is 15.1. The van der Waals surface area contributed by atoms with Gasteiger partial charge in [-0.25, -0.2) is 4.21 Å². The van der Waals surface area contributed by atoms with Crippen LogP contribution in [0.15, 0.2) is 11.8 Å². The average Bonchev–Trinajstić information content (AvgIpc) is 2.13. The van der Waals surface area contributed by atoms with E-state index in [1.165, 1.54) is 27.4 Å². The Bertz CT molecular complexity index is 183. The predicted molar refractivity (Wildman–Crippen MR) is 51.6 cm³/mol. The minimum Gasteiger partial charge on any atom is -0.374 e. The molecule has 0 saturated carbocycles. The second kappa shape index (κ2) is 6.41. The van der Waals surface area contributed by atoms with Gasteiger partial charge in [0.25, 0.3) is 0 Å². The summed E-state index contributed by atoms with van der Waals surface area (Å²) in [4.78, 5) is 0. The summed E-state index contributed by atoms with van der Waals surface area (Å²) < 4.78 is 33.9. The van der Waals surface area contributed by atoms with E-state index in [1.807, 2.05) is 0 Å². The molecule has 1 unspecified atom stereocenters. The van der Waals surface area contributed by atoms with Gasteiger partial charge in [0.05, 0.1) is 5.75 Å². The van der Waals surface area contributed by atoms with Crippen LogP contribution in [0.3, 0.4) is 0 Å². The van der Waals surface area contributed by atoms with E-state index in [1.54, 1.807) is 5.70 Å². The predicted octanol–water partition coefficient (Wildman–Crippen LogP) is 0.182. The fourth-order valence-corrected chi connectivity index (χ4v) is 2.48. The van der Waals surface area contributed by atoms with Crippen LogP contribution in [-0.2, 0) is 24.4 Å². The third-order valence-electron chi connectivity index (χ3n) is 1.41. The molecule has 1 N–H and O–H groups in total. The summed E-state index contributed by atoms with van der Waals surface area (Å²) in [6.45, 7) is 0. The van der Waals surface area contributed by atoms with Crippen molar-refractivity contribution in [2.24, 2.45) is 0 Å². The number of hydrogen-bond acceptors (Lipinski definition) is 4. The summed E-state index contributed by atoms with van der Waals surface area (Å²) >= 11 is -1.84. The Labute approximate surface area is 81.3 Å². The Morgan fingerprint density at radius 2 is 1.77 bits per heavy atom. The van der Waals surface area contributed by atoms with Gasteiger partial charge < -0.3 is 17.8 Å². The molecule has 78 valence electrons. The molecule has 0 aliphatic carbocycles. The van der Waals surface area contributed by atoms with Gasteiger partial charge >= 0.3 is 8.80 Å². The lowest BCUT2D eigenvalue weighted by Crippen LogP contribution is -2.41. The molecule has 5 nitrogen and oxygen atoms in total. The first-order chi connectivity index (χ1) is 6.10. The maximum absolute atomic E-state index is 10.3. The van der Waals surface area contributed by atoms with Crippen molar-refractivity contribution in [1.82, 2.24) is 0 Å². The maximum atomic E-state index is 10.3. The standard InChI is InChI=1S/C6H14O5SSi/c1-9-13(10-2,11-3)6-4-5-12(7)8/h4,6H,5H2,1-3H3,(H,7,8).